The van der Waals surface area contributed by atoms with E-state index in [1.54, 1.807) is 0 Å². The summed E-state index contributed by atoms with van der Waals surface area (Å²) in [6.45, 7) is 3.08. The molecule has 1 unspecified atom stereocenters. The summed E-state index contributed by atoms with van der Waals surface area (Å²) in [6.07, 6.45) is 2.08. The lowest BCUT2D eigenvalue weighted by Gasteiger charge is -2.16. The normalized spacial score (nSPS) is 16.2. The minimum atomic E-state index is 0.399. The van der Waals surface area contributed by atoms with Gasteiger partial charge in [0.1, 0.15) is 0 Å². The van der Waals surface area contributed by atoms with Gasteiger partial charge in [-0.25, -0.2) is 0 Å². The second kappa shape index (κ2) is 4.13. The highest BCUT2D eigenvalue weighted by Crippen LogP contribution is 2.29. The van der Waals surface area contributed by atoms with Crippen molar-refractivity contribution < 1.29 is 0 Å². The third-order valence-corrected chi connectivity index (χ3v) is 3.41. The first-order chi connectivity index (χ1) is 8.36. The lowest BCUT2D eigenvalue weighted by molar-refractivity contribution is 0.751. The predicted octanol–water partition coefficient (Wildman–Crippen LogP) is 2.94. The number of fused-ring (bicyclic) bond motifs is 1. The summed E-state index contributed by atoms with van der Waals surface area (Å²) in [5.41, 5.74) is 2.65. The van der Waals surface area contributed by atoms with Gasteiger partial charge in [0.15, 0.2) is 0 Å². The summed E-state index contributed by atoms with van der Waals surface area (Å²) in [4.78, 5) is 0. The van der Waals surface area contributed by atoms with Crippen LogP contribution in [0.3, 0.4) is 0 Å². The van der Waals surface area contributed by atoms with Gasteiger partial charge in [-0.1, -0.05) is 49.4 Å². The molecule has 0 saturated heterocycles. The Kier molecular flexibility index (Phi) is 2.48. The Bertz CT molecular complexity index is 567. The average molecular weight is 224 g/mol. The van der Waals surface area contributed by atoms with Gasteiger partial charge in [-0.3, -0.25) is 0 Å². The van der Waals surface area contributed by atoms with Crippen LogP contribution in [-0.2, 0) is 0 Å². The molecule has 17 heavy (non-hydrogen) atoms. The van der Waals surface area contributed by atoms with E-state index in [1.165, 1.54) is 22.0 Å². The van der Waals surface area contributed by atoms with Crippen molar-refractivity contribution in [2.45, 2.75) is 12.8 Å². The van der Waals surface area contributed by atoms with E-state index in [2.05, 4.69) is 66.2 Å². The Morgan fingerprint density at radius 3 is 2.71 bits per heavy atom. The minimum Gasteiger partial charge on any atom is -0.372 e. The van der Waals surface area contributed by atoms with E-state index < -0.39 is 0 Å². The molecule has 2 aromatic rings. The van der Waals surface area contributed by atoms with Gasteiger partial charge in [0.05, 0.1) is 6.67 Å². The van der Waals surface area contributed by atoms with Gasteiger partial charge in [-0.15, -0.1) is 0 Å². The SMILES string of the molecule is CC(C1=CNCN1)c1cccc2ccccc12. The third-order valence-electron chi connectivity index (χ3n) is 3.41. The fourth-order valence-electron chi connectivity index (χ4n) is 2.44. The Balaban J connectivity index is 2.10. The topological polar surface area (TPSA) is 24.1 Å². The number of hydrogen-bond acceptors (Lipinski definition) is 2. The van der Waals surface area contributed by atoms with Crippen LogP contribution in [-0.4, -0.2) is 6.67 Å². The van der Waals surface area contributed by atoms with E-state index in [1.807, 2.05) is 0 Å². The van der Waals surface area contributed by atoms with Gasteiger partial charge >= 0.3 is 0 Å². The van der Waals surface area contributed by atoms with Gasteiger partial charge in [-0.2, -0.15) is 0 Å². The van der Waals surface area contributed by atoms with Gasteiger partial charge < -0.3 is 10.6 Å². The number of allylic oxidation sites excluding steroid dienone is 1. The van der Waals surface area contributed by atoms with E-state index in [0.717, 1.165) is 6.67 Å². The summed E-state index contributed by atoms with van der Waals surface area (Å²) in [5, 5.41) is 9.22. The van der Waals surface area contributed by atoms with Gasteiger partial charge in [0, 0.05) is 17.8 Å². The van der Waals surface area contributed by atoms with E-state index >= 15 is 0 Å². The molecule has 0 amide bonds. The van der Waals surface area contributed by atoms with Crippen molar-refractivity contribution in [2.24, 2.45) is 0 Å². The fourth-order valence-corrected chi connectivity index (χ4v) is 2.44. The third kappa shape index (κ3) is 1.76. The standard InChI is InChI=1S/C15H16N2/c1-11(15-9-16-10-17-15)13-8-4-6-12-5-2-3-7-14(12)13/h2-9,11,16-17H,10H2,1H3. The van der Waals surface area contributed by atoms with E-state index in [9.17, 15) is 0 Å². The molecule has 2 heteroatoms. The highest BCUT2D eigenvalue weighted by molar-refractivity contribution is 5.86. The summed E-state index contributed by atoms with van der Waals surface area (Å²) >= 11 is 0. The zero-order valence-corrected chi connectivity index (χ0v) is 9.90. The number of hydrogen-bond donors (Lipinski definition) is 2. The molecule has 0 saturated carbocycles. The van der Waals surface area contributed by atoms with Crippen molar-refractivity contribution in [3.8, 4) is 0 Å². The van der Waals surface area contributed by atoms with Crippen LogP contribution in [0, 0.1) is 0 Å². The first-order valence-corrected chi connectivity index (χ1v) is 6.01. The minimum absolute atomic E-state index is 0.399. The van der Waals surface area contributed by atoms with Gasteiger partial charge in [-0.05, 0) is 16.3 Å². The largest absolute Gasteiger partial charge is 0.372 e. The molecule has 1 heterocycles. The lowest BCUT2D eigenvalue weighted by atomic mass is 9.93. The van der Waals surface area contributed by atoms with Crippen LogP contribution in [0.25, 0.3) is 10.8 Å². The van der Waals surface area contributed by atoms with E-state index in [0.29, 0.717) is 5.92 Å². The molecule has 1 atom stereocenters. The molecule has 2 nitrogen and oxygen atoms in total. The molecule has 0 bridgehead atoms. The molecule has 1 aliphatic heterocycles. The summed E-state index contributed by atoms with van der Waals surface area (Å²) in [7, 11) is 0. The van der Waals surface area contributed by atoms with Crippen LogP contribution in [0.1, 0.15) is 18.4 Å². The first-order valence-electron chi connectivity index (χ1n) is 6.01. The molecular formula is C15H16N2. The van der Waals surface area contributed by atoms with Gasteiger partial charge in [0.25, 0.3) is 0 Å². The Labute approximate surface area is 101 Å². The van der Waals surface area contributed by atoms with Gasteiger partial charge in [0.2, 0.25) is 0 Å². The molecule has 3 rings (SSSR count). The zero-order valence-electron chi connectivity index (χ0n) is 9.90. The molecule has 86 valence electrons. The first kappa shape index (κ1) is 10.2. The maximum Gasteiger partial charge on any atom is 0.0843 e. The van der Waals surface area contributed by atoms with Crippen molar-refractivity contribution in [3.05, 3.63) is 59.9 Å². The van der Waals surface area contributed by atoms with Crippen molar-refractivity contribution in [2.75, 3.05) is 6.67 Å². The maximum absolute atomic E-state index is 3.37. The highest BCUT2D eigenvalue weighted by Gasteiger charge is 2.15. The monoisotopic (exact) mass is 224 g/mol. The van der Waals surface area contributed by atoms with Crippen LogP contribution in [0.2, 0.25) is 0 Å². The molecule has 0 spiro atoms. The molecule has 2 N–H and O–H groups in total. The second-order valence-electron chi connectivity index (χ2n) is 4.45. The van der Waals surface area contributed by atoms with Crippen molar-refractivity contribution in [1.82, 2.24) is 10.6 Å². The molecule has 0 aromatic heterocycles. The summed E-state index contributed by atoms with van der Waals surface area (Å²) in [6, 6.07) is 15.1. The highest BCUT2D eigenvalue weighted by atomic mass is 15.1. The van der Waals surface area contributed by atoms with Crippen LogP contribution in [0.4, 0.5) is 0 Å². The van der Waals surface area contributed by atoms with Crippen molar-refractivity contribution in [3.63, 3.8) is 0 Å². The number of benzene rings is 2. The fraction of sp³-hybridized carbons (Fsp3) is 0.200. The smallest absolute Gasteiger partial charge is 0.0843 e. The Morgan fingerprint density at radius 2 is 1.88 bits per heavy atom. The number of rotatable bonds is 2. The molecular weight excluding hydrogens is 208 g/mol. The summed E-state index contributed by atoms with van der Waals surface area (Å²) in [5.74, 6) is 0.399. The molecule has 2 aromatic carbocycles. The number of nitrogens with one attached hydrogen (secondary N) is 2. The second-order valence-corrected chi connectivity index (χ2v) is 4.45. The Hall–Kier alpha value is -1.96. The van der Waals surface area contributed by atoms with Crippen molar-refractivity contribution in [1.29, 1.82) is 0 Å². The predicted molar refractivity (Wildman–Crippen MR) is 71.6 cm³/mol. The summed E-state index contributed by atoms with van der Waals surface area (Å²) < 4.78 is 0. The van der Waals surface area contributed by atoms with Crippen LogP contribution in [0.5, 0.6) is 0 Å². The van der Waals surface area contributed by atoms with Crippen LogP contribution < -0.4 is 10.6 Å². The van der Waals surface area contributed by atoms with E-state index in [-0.39, 0.29) is 0 Å². The van der Waals surface area contributed by atoms with Crippen LogP contribution >= 0.6 is 0 Å². The Morgan fingerprint density at radius 1 is 1.06 bits per heavy atom. The quantitative estimate of drug-likeness (QED) is 0.819. The van der Waals surface area contributed by atoms with E-state index in [4.69, 9.17) is 0 Å². The van der Waals surface area contributed by atoms with Crippen LogP contribution in [0.15, 0.2) is 54.4 Å². The molecule has 0 radical (unpaired) electrons. The zero-order chi connectivity index (χ0) is 11.7. The molecule has 1 aliphatic rings. The molecule has 0 aliphatic carbocycles. The average Bonchev–Trinajstić information content (AvgIpc) is 2.91. The van der Waals surface area contributed by atoms with Crippen molar-refractivity contribution >= 4 is 10.8 Å². The molecule has 0 fully saturated rings. The maximum atomic E-state index is 3.37. The lowest BCUT2D eigenvalue weighted by Crippen LogP contribution is -2.17.